The van der Waals surface area contributed by atoms with Crippen LogP contribution in [0.15, 0.2) is 60.7 Å². The monoisotopic (exact) mass is 357 g/mol. The Morgan fingerprint density at radius 3 is 2.58 bits per heavy atom. The van der Waals surface area contributed by atoms with Crippen molar-refractivity contribution in [3.63, 3.8) is 0 Å². The van der Waals surface area contributed by atoms with Crippen LogP contribution in [0.2, 0.25) is 0 Å². The molecule has 1 saturated heterocycles. The summed E-state index contributed by atoms with van der Waals surface area (Å²) in [6.07, 6.45) is 2.90. The molecule has 0 radical (unpaired) electrons. The second kappa shape index (κ2) is 7.56. The van der Waals surface area contributed by atoms with Gasteiger partial charge in [0.25, 0.3) is 0 Å². The summed E-state index contributed by atoms with van der Waals surface area (Å²) in [5.41, 5.74) is 3.08. The molecule has 4 rings (SSSR count). The standard InChI is InChI=1S/C21H21F2NO2/c22-21(23)26-20-9-5-4-8-19(20)16-10-17-13-25-14-18(11-16)24(17)12-15-6-2-1-3-7-15/h1-10,17-18,21H,11-14H2. The van der Waals surface area contributed by atoms with E-state index in [4.69, 9.17) is 9.47 Å². The van der Waals surface area contributed by atoms with E-state index in [-0.39, 0.29) is 17.8 Å². The van der Waals surface area contributed by atoms with Gasteiger partial charge in [-0.15, -0.1) is 0 Å². The second-order valence-electron chi connectivity index (χ2n) is 6.69. The molecule has 2 aromatic carbocycles. The lowest BCUT2D eigenvalue weighted by atomic mass is 9.89. The van der Waals surface area contributed by atoms with Crippen molar-refractivity contribution in [2.24, 2.45) is 0 Å². The van der Waals surface area contributed by atoms with Crippen molar-refractivity contribution in [1.29, 1.82) is 0 Å². The minimum Gasteiger partial charge on any atom is -0.434 e. The Morgan fingerprint density at radius 2 is 1.81 bits per heavy atom. The van der Waals surface area contributed by atoms with Crippen molar-refractivity contribution in [2.45, 2.75) is 31.7 Å². The molecule has 136 valence electrons. The third-order valence-corrected chi connectivity index (χ3v) is 5.00. The smallest absolute Gasteiger partial charge is 0.387 e. The van der Waals surface area contributed by atoms with Crippen LogP contribution in [-0.4, -0.2) is 36.8 Å². The number of rotatable bonds is 5. The normalized spacial score (nSPS) is 23.0. The second-order valence-corrected chi connectivity index (χ2v) is 6.69. The van der Waals surface area contributed by atoms with E-state index in [0.717, 1.165) is 24.1 Å². The highest BCUT2D eigenvalue weighted by Crippen LogP contribution is 2.37. The lowest BCUT2D eigenvalue weighted by Gasteiger charge is -2.45. The predicted molar refractivity (Wildman–Crippen MR) is 96.0 cm³/mol. The minimum absolute atomic E-state index is 0.136. The van der Waals surface area contributed by atoms with E-state index >= 15 is 0 Å². The summed E-state index contributed by atoms with van der Waals surface area (Å²) in [6.45, 7) is -0.695. The van der Waals surface area contributed by atoms with Crippen LogP contribution in [0, 0.1) is 0 Å². The number of hydrogen-bond acceptors (Lipinski definition) is 3. The molecule has 1 fully saturated rings. The molecule has 0 spiro atoms. The number of ether oxygens (including phenoxy) is 2. The van der Waals surface area contributed by atoms with E-state index in [2.05, 4.69) is 23.1 Å². The summed E-state index contributed by atoms with van der Waals surface area (Å²) in [7, 11) is 0. The fraction of sp³-hybridized carbons (Fsp3) is 0.333. The van der Waals surface area contributed by atoms with Gasteiger partial charge in [-0.05, 0) is 23.6 Å². The van der Waals surface area contributed by atoms with Gasteiger partial charge in [0.05, 0.1) is 19.3 Å². The molecule has 26 heavy (non-hydrogen) atoms. The van der Waals surface area contributed by atoms with Crippen LogP contribution in [0.5, 0.6) is 5.75 Å². The van der Waals surface area contributed by atoms with Gasteiger partial charge in [0.15, 0.2) is 0 Å². The van der Waals surface area contributed by atoms with E-state index in [9.17, 15) is 8.78 Å². The van der Waals surface area contributed by atoms with Crippen molar-refractivity contribution in [1.82, 2.24) is 4.90 Å². The van der Waals surface area contributed by atoms with Crippen LogP contribution in [0.3, 0.4) is 0 Å². The molecule has 2 aromatic rings. The molecule has 2 atom stereocenters. The van der Waals surface area contributed by atoms with Crippen molar-refractivity contribution < 1.29 is 18.3 Å². The topological polar surface area (TPSA) is 21.7 Å². The molecule has 2 aliphatic heterocycles. The zero-order valence-electron chi connectivity index (χ0n) is 14.4. The molecule has 0 aromatic heterocycles. The van der Waals surface area contributed by atoms with Crippen LogP contribution < -0.4 is 4.74 Å². The average Bonchev–Trinajstić information content (AvgIpc) is 2.62. The lowest BCUT2D eigenvalue weighted by molar-refractivity contribution is -0.0504. The number of alkyl halides is 2. The fourth-order valence-electron chi connectivity index (χ4n) is 3.83. The highest BCUT2D eigenvalue weighted by atomic mass is 19.3. The Hall–Kier alpha value is -2.24. The SMILES string of the molecule is FC(F)Oc1ccccc1C1=CC2COCC(C1)N2Cc1ccccc1. The summed E-state index contributed by atoms with van der Waals surface area (Å²) < 4.78 is 35.9. The van der Waals surface area contributed by atoms with Crippen LogP contribution in [-0.2, 0) is 11.3 Å². The van der Waals surface area contributed by atoms with Crippen molar-refractivity contribution in [3.05, 3.63) is 71.8 Å². The maximum absolute atomic E-state index is 12.7. The number of fused-ring (bicyclic) bond motifs is 2. The summed E-state index contributed by atoms with van der Waals surface area (Å²) >= 11 is 0. The maximum atomic E-state index is 12.7. The van der Waals surface area contributed by atoms with Gasteiger partial charge in [0.2, 0.25) is 0 Å². The Morgan fingerprint density at radius 1 is 1.04 bits per heavy atom. The number of para-hydroxylation sites is 1. The largest absolute Gasteiger partial charge is 0.434 e. The molecule has 0 N–H and O–H groups in total. The minimum atomic E-state index is -2.82. The predicted octanol–water partition coefficient (Wildman–Crippen LogP) is 4.34. The van der Waals surface area contributed by atoms with Crippen LogP contribution in [0.1, 0.15) is 17.5 Å². The number of halogens is 2. The summed E-state index contributed by atoms with van der Waals surface area (Å²) in [5, 5.41) is 0. The zero-order valence-corrected chi connectivity index (χ0v) is 14.4. The highest BCUT2D eigenvalue weighted by molar-refractivity contribution is 5.72. The Bertz CT molecular complexity index is 779. The molecule has 0 saturated carbocycles. The lowest BCUT2D eigenvalue weighted by Crippen LogP contribution is -2.53. The molecule has 2 unspecified atom stereocenters. The molecule has 2 heterocycles. The first-order valence-electron chi connectivity index (χ1n) is 8.83. The summed E-state index contributed by atoms with van der Waals surface area (Å²) in [5.74, 6) is 0.240. The maximum Gasteiger partial charge on any atom is 0.387 e. The van der Waals surface area contributed by atoms with Crippen LogP contribution >= 0.6 is 0 Å². The highest BCUT2D eigenvalue weighted by Gasteiger charge is 2.35. The van der Waals surface area contributed by atoms with Gasteiger partial charge in [-0.25, -0.2) is 0 Å². The van der Waals surface area contributed by atoms with E-state index in [0.29, 0.717) is 13.2 Å². The molecular formula is C21H21F2NO2. The Labute approximate surface area is 151 Å². The van der Waals surface area contributed by atoms with Gasteiger partial charge in [-0.1, -0.05) is 54.6 Å². The number of hydrogen-bond donors (Lipinski definition) is 0. The fourth-order valence-corrected chi connectivity index (χ4v) is 3.83. The van der Waals surface area contributed by atoms with Crippen LogP contribution in [0.4, 0.5) is 8.78 Å². The van der Waals surface area contributed by atoms with Crippen molar-refractivity contribution in [2.75, 3.05) is 13.2 Å². The van der Waals surface area contributed by atoms with E-state index in [1.54, 1.807) is 12.1 Å². The molecule has 3 nitrogen and oxygen atoms in total. The third kappa shape index (κ3) is 3.64. The molecule has 2 bridgehead atoms. The molecule has 5 heteroatoms. The van der Waals surface area contributed by atoms with Gasteiger partial charge in [0, 0.05) is 18.2 Å². The Balaban J connectivity index is 1.61. The summed E-state index contributed by atoms with van der Waals surface area (Å²) in [4.78, 5) is 2.44. The molecule has 0 aliphatic carbocycles. The van der Waals surface area contributed by atoms with Gasteiger partial charge in [0.1, 0.15) is 5.75 Å². The molecular weight excluding hydrogens is 336 g/mol. The summed E-state index contributed by atoms with van der Waals surface area (Å²) in [6, 6.07) is 17.8. The van der Waals surface area contributed by atoms with Crippen molar-refractivity contribution >= 4 is 5.57 Å². The third-order valence-electron chi connectivity index (χ3n) is 5.00. The number of benzene rings is 2. The average molecular weight is 357 g/mol. The quantitative estimate of drug-likeness (QED) is 0.794. The van der Waals surface area contributed by atoms with Gasteiger partial charge in [-0.2, -0.15) is 8.78 Å². The van der Waals surface area contributed by atoms with Crippen LogP contribution in [0.25, 0.3) is 5.57 Å². The van der Waals surface area contributed by atoms with Crippen molar-refractivity contribution in [3.8, 4) is 5.75 Å². The molecule has 2 aliphatic rings. The first-order valence-corrected chi connectivity index (χ1v) is 8.83. The Kier molecular flexibility index (Phi) is 5.00. The molecule has 0 amide bonds. The van der Waals surface area contributed by atoms with E-state index in [1.165, 1.54) is 5.56 Å². The van der Waals surface area contributed by atoms with E-state index in [1.807, 2.05) is 30.3 Å². The van der Waals surface area contributed by atoms with E-state index < -0.39 is 6.61 Å². The van der Waals surface area contributed by atoms with Gasteiger partial charge >= 0.3 is 6.61 Å². The van der Waals surface area contributed by atoms with Gasteiger partial charge < -0.3 is 9.47 Å². The zero-order chi connectivity index (χ0) is 17.9. The first kappa shape index (κ1) is 17.2. The van der Waals surface area contributed by atoms with Gasteiger partial charge in [-0.3, -0.25) is 4.90 Å². The number of morpholine rings is 1. The first-order chi connectivity index (χ1) is 12.7. The number of nitrogens with zero attached hydrogens (tertiary/aromatic N) is 1.